The van der Waals surface area contributed by atoms with E-state index < -0.39 is 0 Å². The van der Waals surface area contributed by atoms with Gasteiger partial charge in [0, 0.05) is 30.4 Å². The zero-order chi connectivity index (χ0) is 19.3. The number of hydrogen-bond donors (Lipinski definition) is 1. The maximum absolute atomic E-state index is 5.24. The van der Waals surface area contributed by atoms with Gasteiger partial charge in [0.2, 0.25) is 5.95 Å². The number of ether oxygens (including phenoxy) is 1. The molecule has 5 nitrogen and oxygen atoms in total. The summed E-state index contributed by atoms with van der Waals surface area (Å²) in [5.41, 5.74) is 2.99. The predicted molar refractivity (Wildman–Crippen MR) is 114 cm³/mol. The lowest BCUT2D eigenvalue weighted by atomic mass is 10.0. The second kappa shape index (κ2) is 8.30. The van der Waals surface area contributed by atoms with Crippen molar-refractivity contribution in [2.45, 2.75) is 19.8 Å². The van der Waals surface area contributed by atoms with Crippen LogP contribution in [0.3, 0.4) is 0 Å². The Kier molecular flexibility index (Phi) is 5.42. The summed E-state index contributed by atoms with van der Waals surface area (Å²) in [7, 11) is 1.67. The summed E-state index contributed by atoms with van der Waals surface area (Å²) < 4.78 is 5.24. The average molecular weight is 374 g/mol. The van der Waals surface area contributed by atoms with E-state index in [1.807, 2.05) is 48.5 Å². The molecule has 1 fully saturated rings. The average Bonchev–Trinajstić information content (AvgIpc) is 2.75. The molecule has 144 valence electrons. The number of nitrogens with one attached hydrogen (secondary N) is 1. The highest BCUT2D eigenvalue weighted by Crippen LogP contribution is 2.27. The third-order valence-corrected chi connectivity index (χ3v) is 5.09. The zero-order valence-corrected chi connectivity index (χ0v) is 16.4. The SMILES string of the molecule is COc1ccc(Nc2cc(-c3ccccc3)nc(N3CCCC(C)C3)n2)cc1. The summed E-state index contributed by atoms with van der Waals surface area (Å²) >= 11 is 0. The Labute approximate surface area is 166 Å². The van der Waals surface area contributed by atoms with Gasteiger partial charge in [-0.1, -0.05) is 37.3 Å². The second-order valence-electron chi connectivity index (χ2n) is 7.35. The van der Waals surface area contributed by atoms with Gasteiger partial charge in [0.25, 0.3) is 0 Å². The van der Waals surface area contributed by atoms with E-state index in [4.69, 9.17) is 14.7 Å². The highest BCUT2D eigenvalue weighted by atomic mass is 16.5. The van der Waals surface area contributed by atoms with Crippen molar-refractivity contribution in [2.24, 2.45) is 5.92 Å². The van der Waals surface area contributed by atoms with Crippen LogP contribution in [0.15, 0.2) is 60.7 Å². The monoisotopic (exact) mass is 374 g/mol. The molecule has 1 aromatic heterocycles. The third kappa shape index (κ3) is 4.25. The quantitative estimate of drug-likeness (QED) is 0.671. The first-order chi connectivity index (χ1) is 13.7. The lowest BCUT2D eigenvalue weighted by molar-refractivity contribution is 0.415. The van der Waals surface area contributed by atoms with Crippen molar-refractivity contribution in [3.8, 4) is 17.0 Å². The molecular weight excluding hydrogens is 348 g/mol. The van der Waals surface area contributed by atoms with E-state index in [9.17, 15) is 0 Å². The molecule has 1 aliphatic heterocycles. The van der Waals surface area contributed by atoms with Crippen molar-refractivity contribution in [3.05, 3.63) is 60.7 Å². The third-order valence-electron chi connectivity index (χ3n) is 5.09. The Bertz CT molecular complexity index is 912. The number of nitrogens with zero attached hydrogens (tertiary/aromatic N) is 3. The lowest BCUT2D eigenvalue weighted by Crippen LogP contribution is -2.35. The molecule has 4 rings (SSSR count). The van der Waals surface area contributed by atoms with E-state index in [0.717, 1.165) is 47.5 Å². The van der Waals surface area contributed by atoms with Crippen LogP contribution in [0.25, 0.3) is 11.3 Å². The van der Waals surface area contributed by atoms with Gasteiger partial charge < -0.3 is 15.0 Å². The Morgan fingerprint density at radius 1 is 1.04 bits per heavy atom. The van der Waals surface area contributed by atoms with Crippen LogP contribution in [0.4, 0.5) is 17.5 Å². The van der Waals surface area contributed by atoms with Gasteiger partial charge in [-0.25, -0.2) is 4.98 Å². The fourth-order valence-corrected chi connectivity index (χ4v) is 3.59. The largest absolute Gasteiger partial charge is 0.497 e. The van der Waals surface area contributed by atoms with E-state index in [1.165, 1.54) is 12.8 Å². The van der Waals surface area contributed by atoms with Crippen molar-refractivity contribution >= 4 is 17.5 Å². The molecule has 1 unspecified atom stereocenters. The van der Waals surface area contributed by atoms with Crippen LogP contribution in [0, 0.1) is 5.92 Å². The van der Waals surface area contributed by atoms with Gasteiger partial charge in [-0.2, -0.15) is 4.98 Å². The summed E-state index contributed by atoms with van der Waals surface area (Å²) in [6.07, 6.45) is 2.45. The first-order valence-corrected chi connectivity index (χ1v) is 9.82. The molecule has 2 heterocycles. The molecule has 0 radical (unpaired) electrons. The number of anilines is 3. The Morgan fingerprint density at radius 3 is 2.54 bits per heavy atom. The molecule has 0 aliphatic carbocycles. The van der Waals surface area contributed by atoms with Crippen LogP contribution in [-0.2, 0) is 0 Å². The molecule has 0 spiro atoms. The first kappa shape index (κ1) is 18.3. The van der Waals surface area contributed by atoms with Crippen molar-refractivity contribution < 1.29 is 4.74 Å². The molecule has 1 aliphatic rings. The van der Waals surface area contributed by atoms with Gasteiger partial charge in [0.15, 0.2) is 0 Å². The van der Waals surface area contributed by atoms with E-state index >= 15 is 0 Å². The predicted octanol–water partition coefficient (Wildman–Crippen LogP) is 5.13. The molecule has 2 aromatic carbocycles. The molecule has 0 saturated carbocycles. The van der Waals surface area contributed by atoms with E-state index in [2.05, 4.69) is 29.3 Å². The highest BCUT2D eigenvalue weighted by molar-refractivity contribution is 5.67. The minimum Gasteiger partial charge on any atom is -0.497 e. The molecule has 5 heteroatoms. The topological polar surface area (TPSA) is 50.3 Å². The molecule has 28 heavy (non-hydrogen) atoms. The highest BCUT2D eigenvalue weighted by Gasteiger charge is 2.20. The van der Waals surface area contributed by atoms with Crippen LogP contribution in [0.2, 0.25) is 0 Å². The van der Waals surface area contributed by atoms with Crippen molar-refractivity contribution in [2.75, 3.05) is 30.4 Å². The first-order valence-electron chi connectivity index (χ1n) is 9.82. The Morgan fingerprint density at radius 2 is 1.82 bits per heavy atom. The van der Waals surface area contributed by atoms with Crippen LogP contribution < -0.4 is 15.0 Å². The molecule has 1 saturated heterocycles. The number of methoxy groups -OCH3 is 1. The molecule has 0 bridgehead atoms. The van der Waals surface area contributed by atoms with Gasteiger partial charge in [-0.3, -0.25) is 0 Å². The second-order valence-corrected chi connectivity index (χ2v) is 7.35. The number of aromatic nitrogens is 2. The van der Waals surface area contributed by atoms with Gasteiger partial charge in [-0.05, 0) is 43.0 Å². The number of rotatable bonds is 5. The van der Waals surface area contributed by atoms with E-state index in [1.54, 1.807) is 7.11 Å². The van der Waals surface area contributed by atoms with Crippen molar-refractivity contribution in [3.63, 3.8) is 0 Å². The van der Waals surface area contributed by atoms with E-state index in [-0.39, 0.29) is 0 Å². The number of piperidine rings is 1. The number of hydrogen-bond acceptors (Lipinski definition) is 5. The van der Waals surface area contributed by atoms with Crippen molar-refractivity contribution in [1.82, 2.24) is 9.97 Å². The van der Waals surface area contributed by atoms with Crippen LogP contribution in [0.5, 0.6) is 5.75 Å². The smallest absolute Gasteiger partial charge is 0.227 e. The minimum atomic E-state index is 0.663. The van der Waals surface area contributed by atoms with Crippen LogP contribution in [0.1, 0.15) is 19.8 Å². The van der Waals surface area contributed by atoms with E-state index in [0.29, 0.717) is 5.92 Å². The van der Waals surface area contributed by atoms with Crippen molar-refractivity contribution in [1.29, 1.82) is 0 Å². The Balaban J connectivity index is 1.68. The summed E-state index contributed by atoms with van der Waals surface area (Å²) in [6.45, 7) is 4.30. The summed E-state index contributed by atoms with van der Waals surface area (Å²) in [5, 5.41) is 3.42. The molecule has 3 aromatic rings. The Hall–Kier alpha value is -3.08. The molecule has 1 atom stereocenters. The fraction of sp³-hybridized carbons (Fsp3) is 0.304. The molecular formula is C23H26N4O. The van der Waals surface area contributed by atoms with Gasteiger partial charge in [0.05, 0.1) is 12.8 Å². The van der Waals surface area contributed by atoms with Gasteiger partial charge in [0.1, 0.15) is 11.6 Å². The maximum Gasteiger partial charge on any atom is 0.227 e. The summed E-state index contributed by atoms with van der Waals surface area (Å²) in [5.74, 6) is 3.09. The zero-order valence-electron chi connectivity index (χ0n) is 16.4. The maximum atomic E-state index is 5.24. The minimum absolute atomic E-state index is 0.663. The molecule has 1 N–H and O–H groups in total. The fourth-order valence-electron chi connectivity index (χ4n) is 3.59. The normalized spacial score (nSPS) is 16.6. The molecule has 0 amide bonds. The summed E-state index contributed by atoms with van der Waals surface area (Å²) in [4.78, 5) is 12.0. The standard InChI is InChI=1S/C23H26N4O/c1-17-7-6-14-27(16-17)23-25-21(18-8-4-3-5-9-18)15-22(26-23)24-19-10-12-20(28-2)13-11-19/h3-5,8-13,15,17H,6-7,14,16H2,1-2H3,(H,24,25,26). The summed E-state index contributed by atoms with van der Waals surface area (Å²) in [6, 6.07) is 20.1. The van der Waals surface area contributed by atoms with Crippen LogP contribution in [-0.4, -0.2) is 30.2 Å². The lowest BCUT2D eigenvalue weighted by Gasteiger charge is -2.31. The number of benzene rings is 2. The van der Waals surface area contributed by atoms with Gasteiger partial charge in [-0.15, -0.1) is 0 Å². The van der Waals surface area contributed by atoms with Gasteiger partial charge >= 0.3 is 0 Å². The van der Waals surface area contributed by atoms with Crippen LogP contribution >= 0.6 is 0 Å².